The first-order chi connectivity index (χ1) is 7.35. The molecule has 2 rings (SSSR count). The summed E-state index contributed by atoms with van der Waals surface area (Å²) in [5.41, 5.74) is 1.49. The van der Waals surface area contributed by atoms with Crippen molar-refractivity contribution in [3.63, 3.8) is 0 Å². The smallest absolute Gasteiger partial charge is 0.0648 e. The highest BCUT2D eigenvalue weighted by Gasteiger charge is 2.31. The second kappa shape index (κ2) is 5.31. The Morgan fingerprint density at radius 1 is 1.13 bits per heavy atom. The average Bonchev–Trinajstić information content (AvgIpc) is 2.32. The molecule has 0 unspecified atom stereocenters. The van der Waals surface area contributed by atoms with Crippen LogP contribution in [0.25, 0.3) is 0 Å². The van der Waals surface area contributed by atoms with E-state index in [0.717, 1.165) is 0 Å². The summed E-state index contributed by atoms with van der Waals surface area (Å²) in [6, 6.07) is 10.9. The molecule has 0 saturated carbocycles. The van der Waals surface area contributed by atoms with E-state index in [1.54, 1.807) is 0 Å². The van der Waals surface area contributed by atoms with Crippen LogP contribution in [0.1, 0.15) is 25.3 Å². The number of hydrogen-bond donors (Lipinski definition) is 0. The molecule has 0 nitrogen and oxygen atoms in total. The van der Waals surface area contributed by atoms with Gasteiger partial charge in [0.2, 0.25) is 0 Å². The first-order valence-electron chi connectivity index (χ1n) is 5.66. The summed E-state index contributed by atoms with van der Waals surface area (Å²) in [6.07, 6.45) is 3.88. The second-order valence-electron chi connectivity index (χ2n) is 3.98. The van der Waals surface area contributed by atoms with Crippen LogP contribution in [-0.2, 0) is 6.42 Å². The van der Waals surface area contributed by atoms with Gasteiger partial charge >= 0.3 is 0 Å². The van der Waals surface area contributed by atoms with Gasteiger partial charge in [0.05, 0.1) is 4.08 Å². The fourth-order valence-electron chi connectivity index (χ4n) is 1.95. The molecular weight excluding hydrogens is 220 g/mol. The fraction of sp³-hybridized carbons (Fsp3) is 0.538. The summed E-state index contributed by atoms with van der Waals surface area (Å²) in [7, 11) is 0. The molecule has 1 aliphatic rings. The summed E-state index contributed by atoms with van der Waals surface area (Å²) in [4.78, 5) is 0. The van der Waals surface area contributed by atoms with Crippen molar-refractivity contribution >= 4 is 23.5 Å². The zero-order valence-electron chi connectivity index (χ0n) is 9.24. The lowest BCUT2D eigenvalue weighted by atomic mass is 10.1. The van der Waals surface area contributed by atoms with Crippen molar-refractivity contribution < 1.29 is 0 Å². The topological polar surface area (TPSA) is 0 Å². The van der Waals surface area contributed by atoms with E-state index in [1.165, 1.54) is 36.3 Å². The monoisotopic (exact) mass is 238 g/mol. The molecule has 0 N–H and O–H groups in total. The molecule has 0 bridgehead atoms. The van der Waals surface area contributed by atoms with Gasteiger partial charge in [-0.2, -0.15) is 0 Å². The lowest BCUT2D eigenvalue weighted by Crippen LogP contribution is -2.26. The van der Waals surface area contributed by atoms with E-state index in [-0.39, 0.29) is 0 Å². The highest BCUT2D eigenvalue weighted by atomic mass is 32.2. The molecule has 15 heavy (non-hydrogen) atoms. The molecule has 1 aromatic rings. The van der Waals surface area contributed by atoms with Gasteiger partial charge in [-0.15, -0.1) is 23.5 Å². The Balaban J connectivity index is 2.07. The zero-order chi connectivity index (χ0) is 10.6. The third-order valence-corrected chi connectivity index (χ3v) is 6.48. The molecule has 1 aliphatic heterocycles. The molecule has 0 aliphatic carbocycles. The zero-order valence-corrected chi connectivity index (χ0v) is 10.9. The molecule has 2 heteroatoms. The van der Waals surface area contributed by atoms with E-state index in [4.69, 9.17) is 0 Å². The maximum absolute atomic E-state index is 2.33. The predicted molar refractivity (Wildman–Crippen MR) is 72.7 cm³/mol. The molecule has 0 amide bonds. The van der Waals surface area contributed by atoms with E-state index < -0.39 is 0 Å². The normalized spacial score (nSPS) is 20.1. The Kier molecular flexibility index (Phi) is 4.04. The quantitative estimate of drug-likeness (QED) is 0.774. The Hall–Kier alpha value is -0.0800. The highest BCUT2D eigenvalue weighted by molar-refractivity contribution is 8.18. The summed E-state index contributed by atoms with van der Waals surface area (Å²) in [6.45, 7) is 2.33. The molecule has 1 heterocycles. The molecule has 0 spiro atoms. The summed E-state index contributed by atoms with van der Waals surface area (Å²) in [5, 5.41) is 0. The van der Waals surface area contributed by atoms with Crippen LogP contribution in [0.2, 0.25) is 0 Å². The van der Waals surface area contributed by atoms with Gasteiger partial charge in [-0.05, 0) is 36.3 Å². The van der Waals surface area contributed by atoms with E-state index in [2.05, 4.69) is 60.8 Å². The third kappa shape index (κ3) is 2.94. The largest absolute Gasteiger partial charge is 0.144 e. The number of benzene rings is 1. The van der Waals surface area contributed by atoms with Crippen molar-refractivity contribution in [2.24, 2.45) is 0 Å². The minimum absolute atomic E-state index is 0.458. The molecule has 1 fully saturated rings. The van der Waals surface area contributed by atoms with Crippen molar-refractivity contribution in [1.82, 2.24) is 0 Å². The lowest BCUT2D eigenvalue weighted by molar-refractivity contribution is 0.751. The van der Waals surface area contributed by atoms with Gasteiger partial charge in [0, 0.05) is 0 Å². The van der Waals surface area contributed by atoms with Crippen molar-refractivity contribution in [1.29, 1.82) is 0 Å². The first kappa shape index (κ1) is 11.4. The average molecular weight is 238 g/mol. The molecule has 0 atom stereocenters. The van der Waals surface area contributed by atoms with Crippen LogP contribution in [-0.4, -0.2) is 15.6 Å². The third-order valence-electron chi connectivity index (χ3n) is 2.87. The van der Waals surface area contributed by atoms with Crippen LogP contribution < -0.4 is 0 Å². The first-order valence-corrected chi connectivity index (χ1v) is 7.64. The highest BCUT2D eigenvalue weighted by Crippen LogP contribution is 2.46. The van der Waals surface area contributed by atoms with Crippen molar-refractivity contribution in [2.75, 3.05) is 11.5 Å². The Morgan fingerprint density at radius 3 is 2.40 bits per heavy atom. The van der Waals surface area contributed by atoms with Crippen LogP contribution in [0, 0.1) is 0 Å². The van der Waals surface area contributed by atoms with Gasteiger partial charge < -0.3 is 0 Å². The van der Waals surface area contributed by atoms with Crippen LogP contribution in [0.15, 0.2) is 30.3 Å². The van der Waals surface area contributed by atoms with Gasteiger partial charge in [0.15, 0.2) is 0 Å². The van der Waals surface area contributed by atoms with Crippen molar-refractivity contribution in [3.05, 3.63) is 35.9 Å². The minimum Gasteiger partial charge on any atom is -0.144 e. The molecular formula is C13H18S2. The molecule has 82 valence electrons. The van der Waals surface area contributed by atoms with Gasteiger partial charge in [-0.3, -0.25) is 0 Å². The maximum Gasteiger partial charge on any atom is 0.0648 e. The van der Waals surface area contributed by atoms with Crippen LogP contribution in [0.4, 0.5) is 0 Å². The predicted octanol–water partition coefficient (Wildman–Crippen LogP) is 4.21. The number of thioether (sulfide) groups is 2. The maximum atomic E-state index is 2.33. The minimum atomic E-state index is 0.458. The van der Waals surface area contributed by atoms with E-state index >= 15 is 0 Å². The van der Waals surface area contributed by atoms with Crippen LogP contribution in [0.5, 0.6) is 0 Å². The number of hydrogen-bond acceptors (Lipinski definition) is 2. The van der Waals surface area contributed by atoms with Crippen molar-refractivity contribution in [2.45, 2.75) is 30.3 Å². The fourth-order valence-corrected chi connectivity index (χ4v) is 5.24. The van der Waals surface area contributed by atoms with Gasteiger partial charge in [-0.25, -0.2) is 0 Å². The standard InChI is InChI=1S/C13H18S2/c1-2-13(14-9-6-10-15-13)11-12-7-4-3-5-8-12/h3-5,7-8H,2,6,9-11H2,1H3. The summed E-state index contributed by atoms with van der Waals surface area (Å²) < 4.78 is 0.458. The SMILES string of the molecule is CCC1(Cc2ccccc2)SCCCS1. The Labute approximate surface area is 101 Å². The Bertz CT molecular complexity index is 289. The van der Waals surface area contributed by atoms with Crippen molar-refractivity contribution in [3.8, 4) is 0 Å². The number of rotatable bonds is 3. The lowest BCUT2D eigenvalue weighted by Gasteiger charge is -2.35. The molecule has 1 saturated heterocycles. The summed E-state index contributed by atoms with van der Waals surface area (Å²) >= 11 is 4.34. The van der Waals surface area contributed by atoms with Crippen LogP contribution >= 0.6 is 23.5 Å². The molecule has 1 aromatic carbocycles. The van der Waals surface area contributed by atoms with Gasteiger partial charge in [0.25, 0.3) is 0 Å². The van der Waals surface area contributed by atoms with E-state index in [0.29, 0.717) is 4.08 Å². The second-order valence-corrected chi connectivity index (χ2v) is 7.19. The molecule has 0 aromatic heterocycles. The Morgan fingerprint density at radius 2 is 1.80 bits per heavy atom. The van der Waals surface area contributed by atoms with E-state index in [1.807, 2.05) is 0 Å². The van der Waals surface area contributed by atoms with E-state index in [9.17, 15) is 0 Å². The van der Waals surface area contributed by atoms with Gasteiger partial charge in [-0.1, -0.05) is 37.3 Å². The summed E-state index contributed by atoms with van der Waals surface area (Å²) in [5.74, 6) is 2.68. The van der Waals surface area contributed by atoms with Gasteiger partial charge in [0.1, 0.15) is 0 Å². The molecule has 0 radical (unpaired) electrons. The van der Waals surface area contributed by atoms with Crippen LogP contribution in [0.3, 0.4) is 0 Å².